The zero-order valence-electron chi connectivity index (χ0n) is 19.0. The lowest BCUT2D eigenvalue weighted by Crippen LogP contribution is -2.49. The molecule has 1 amide bonds. The maximum Gasteiger partial charge on any atom is 0.416 e. The molecule has 2 N–H and O–H groups in total. The van der Waals surface area contributed by atoms with E-state index in [-0.39, 0.29) is 54.0 Å². The van der Waals surface area contributed by atoms with Crippen molar-refractivity contribution in [2.45, 2.75) is 58.0 Å². The number of likely N-dealkylation sites (tertiary alicyclic amines) is 1. The Kier molecular flexibility index (Phi) is 10.4. The molecule has 1 aliphatic rings. The van der Waals surface area contributed by atoms with Gasteiger partial charge in [-0.2, -0.15) is 13.2 Å². The number of halogens is 4. The minimum Gasteiger partial charge on any atom is -0.488 e. The van der Waals surface area contributed by atoms with E-state index in [2.05, 4.69) is 15.6 Å². The minimum atomic E-state index is -4.51. The van der Waals surface area contributed by atoms with Crippen LogP contribution >= 0.6 is 24.0 Å². The van der Waals surface area contributed by atoms with Crippen LogP contribution in [0.4, 0.5) is 18.0 Å². The van der Waals surface area contributed by atoms with Crippen LogP contribution in [-0.4, -0.2) is 55.8 Å². The summed E-state index contributed by atoms with van der Waals surface area (Å²) in [5, 5.41) is 6.16. The Balaban J connectivity index is 0.00000512. The van der Waals surface area contributed by atoms with Crippen LogP contribution in [0.5, 0.6) is 5.75 Å². The normalized spacial score (nSPS) is 15.6. The summed E-state index contributed by atoms with van der Waals surface area (Å²) >= 11 is 0. The molecule has 182 valence electrons. The summed E-state index contributed by atoms with van der Waals surface area (Å²) in [6, 6.07) is 4.03. The number of amides is 1. The van der Waals surface area contributed by atoms with Crippen molar-refractivity contribution in [3.8, 4) is 5.75 Å². The molecule has 1 aromatic carbocycles. The molecule has 32 heavy (non-hydrogen) atoms. The van der Waals surface area contributed by atoms with Gasteiger partial charge in [-0.15, -0.1) is 24.0 Å². The number of alkyl halides is 3. The predicted molar refractivity (Wildman–Crippen MR) is 128 cm³/mol. The molecule has 11 heteroatoms. The second-order valence-electron chi connectivity index (χ2n) is 8.33. The minimum absolute atomic E-state index is 0. The Morgan fingerprint density at radius 2 is 1.84 bits per heavy atom. The van der Waals surface area contributed by atoms with E-state index in [4.69, 9.17) is 9.47 Å². The maximum atomic E-state index is 13.6. The molecule has 1 heterocycles. The van der Waals surface area contributed by atoms with Gasteiger partial charge in [0.2, 0.25) is 0 Å². The first kappa shape index (κ1) is 28.1. The number of nitrogens with one attached hydrogen (secondary N) is 2. The molecule has 0 spiro atoms. The average Bonchev–Trinajstić information content (AvgIpc) is 2.69. The van der Waals surface area contributed by atoms with E-state index in [0.29, 0.717) is 31.9 Å². The number of hydrogen-bond donors (Lipinski definition) is 2. The van der Waals surface area contributed by atoms with Crippen molar-refractivity contribution in [3.63, 3.8) is 0 Å². The van der Waals surface area contributed by atoms with Crippen molar-refractivity contribution in [1.29, 1.82) is 0 Å². The summed E-state index contributed by atoms with van der Waals surface area (Å²) in [5.74, 6) is 0.572. The van der Waals surface area contributed by atoms with E-state index in [9.17, 15) is 18.0 Å². The number of benzene rings is 1. The summed E-state index contributed by atoms with van der Waals surface area (Å²) in [7, 11) is 2.90. The summed E-state index contributed by atoms with van der Waals surface area (Å²) in [4.78, 5) is 17.3. The molecule has 2 rings (SSSR count). The summed E-state index contributed by atoms with van der Waals surface area (Å²) < 4.78 is 51.1. The van der Waals surface area contributed by atoms with E-state index in [1.807, 2.05) is 0 Å². The number of piperidine rings is 1. The van der Waals surface area contributed by atoms with E-state index in [1.54, 1.807) is 32.7 Å². The molecule has 0 unspecified atom stereocenters. The number of nitrogens with zero attached hydrogens (tertiary/aromatic N) is 2. The largest absolute Gasteiger partial charge is 0.488 e. The predicted octanol–water partition coefficient (Wildman–Crippen LogP) is 4.40. The highest BCUT2D eigenvalue weighted by molar-refractivity contribution is 14.0. The van der Waals surface area contributed by atoms with Crippen LogP contribution in [0, 0.1) is 0 Å². The zero-order chi connectivity index (χ0) is 23.2. The highest BCUT2D eigenvalue weighted by atomic mass is 127. The van der Waals surface area contributed by atoms with Gasteiger partial charge in [-0.05, 0) is 51.3 Å². The first-order valence-electron chi connectivity index (χ1n) is 10.1. The maximum absolute atomic E-state index is 13.6. The van der Waals surface area contributed by atoms with Gasteiger partial charge in [0, 0.05) is 32.7 Å². The molecular weight excluding hydrogens is 540 g/mol. The first-order valence-corrected chi connectivity index (χ1v) is 10.1. The quantitative estimate of drug-likeness (QED) is 0.318. The second kappa shape index (κ2) is 11.8. The molecule has 0 radical (unpaired) electrons. The number of carbonyl (C=O) groups is 1. The monoisotopic (exact) mass is 572 g/mol. The lowest BCUT2D eigenvalue weighted by Gasteiger charge is -2.32. The Morgan fingerprint density at radius 1 is 1.22 bits per heavy atom. The van der Waals surface area contributed by atoms with Crippen molar-refractivity contribution in [2.75, 3.05) is 27.2 Å². The van der Waals surface area contributed by atoms with Gasteiger partial charge in [-0.1, -0.05) is 6.07 Å². The fraction of sp³-hybridized carbons (Fsp3) is 0.619. The molecule has 1 aliphatic heterocycles. The highest BCUT2D eigenvalue weighted by Gasteiger charge is 2.34. The van der Waals surface area contributed by atoms with Crippen molar-refractivity contribution in [2.24, 2.45) is 4.99 Å². The summed E-state index contributed by atoms with van der Waals surface area (Å²) in [6.07, 6.45) is -3.50. The van der Waals surface area contributed by atoms with Crippen LogP contribution in [0.2, 0.25) is 0 Å². The summed E-state index contributed by atoms with van der Waals surface area (Å²) in [5.41, 5.74) is -1.25. The van der Waals surface area contributed by atoms with Gasteiger partial charge in [0.05, 0.1) is 12.7 Å². The lowest BCUT2D eigenvalue weighted by atomic mass is 10.1. The van der Waals surface area contributed by atoms with Gasteiger partial charge in [-0.25, -0.2) is 4.79 Å². The molecule has 0 aliphatic carbocycles. The van der Waals surface area contributed by atoms with Crippen molar-refractivity contribution in [1.82, 2.24) is 15.5 Å². The zero-order valence-corrected chi connectivity index (χ0v) is 21.3. The van der Waals surface area contributed by atoms with Crippen LogP contribution in [0.1, 0.15) is 44.7 Å². The fourth-order valence-corrected chi connectivity index (χ4v) is 3.29. The Labute approximate surface area is 204 Å². The van der Waals surface area contributed by atoms with Gasteiger partial charge in [0.25, 0.3) is 0 Å². The SMILES string of the molecule is CN=C(NCc1ccc(OC(C)(C)C)cc1C(F)(F)F)NC1CCN(C(=O)OC)CC1.I. The van der Waals surface area contributed by atoms with E-state index < -0.39 is 17.3 Å². The molecule has 1 saturated heterocycles. The summed E-state index contributed by atoms with van der Waals surface area (Å²) in [6.45, 7) is 6.36. The topological polar surface area (TPSA) is 75.2 Å². The molecule has 1 aromatic rings. The van der Waals surface area contributed by atoms with E-state index >= 15 is 0 Å². The van der Waals surface area contributed by atoms with Gasteiger partial charge >= 0.3 is 12.3 Å². The third kappa shape index (κ3) is 8.55. The van der Waals surface area contributed by atoms with Crippen LogP contribution < -0.4 is 15.4 Å². The Bertz CT molecular complexity index is 789. The fourth-order valence-electron chi connectivity index (χ4n) is 3.29. The number of guanidine groups is 1. The molecule has 0 atom stereocenters. The average molecular weight is 572 g/mol. The molecule has 7 nitrogen and oxygen atoms in total. The van der Waals surface area contributed by atoms with Gasteiger partial charge < -0.3 is 25.0 Å². The van der Waals surface area contributed by atoms with E-state index in [1.165, 1.54) is 19.2 Å². The number of methoxy groups -OCH3 is 1. The third-order valence-electron chi connectivity index (χ3n) is 4.75. The molecule has 0 aromatic heterocycles. The second-order valence-corrected chi connectivity index (χ2v) is 8.33. The highest BCUT2D eigenvalue weighted by Crippen LogP contribution is 2.35. The third-order valence-corrected chi connectivity index (χ3v) is 4.75. The van der Waals surface area contributed by atoms with Crippen LogP contribution in [0.15, 0.2) is 23.2 Å². The van der Waals surface area contributed by atoms with Gasteiger partial charge in [0.1, 0.15) is 11.4 Å². The molecular formula is C21H32F3IN4O3. The number of aliphatic imine (C=N–C) groups is 1. The van der Waals surface area contributed by atoms with Crippen LogP contribution in [0.3, 0.4) is 0 Å². The molecule has 0 saturated carbocycles. The Hall–Kier alpha value is -1.92. The van der Waals surface area contributed by atoms with Gasteiger partial charge in [0.15, 0.2) is 5.96 Å². The number of hydrogen-bond acceptors (Lipinski definition) is 4. The molecule has 1 fully saturated rings. The smallest absolute Gasteiger partial charge is 0.416 e. The standard InChI is InChI=1S/C21H31F3N4O3.HI/c1-20(2,3)31-16-7-6-14(17(12-16)21(22,23)24)13-26-18(25-4)27-15-8-10-28(11-9-15)19(29)30-5;/h6-7,12,15H,8-11,13H2,1-5H3,(H2,25,26,27);1H. The molecule has 0 bridgehead atoms. The Morgan fingerprint density at radius 3 is 2.34 bits per heavy atom. The lowest BCUT2D eigenvalue weighted by molar-refractivity contribution is -0.138. The first-order chi connectivity index (χ1) is 14.4. The van der Waals surface area contributed by atoms with Crippen molar-refractivity contribution >= 4 is 36.0 Å². The van der Waals surface area contributed by atoms with E-state index in [0.717, 1.165) is 6.07 Å². The number of rotatable bonds is 4. The number of ether oxygens (including phenoxy) is 2. The van der Waals surface area contributed by atoms with Crippen LogP contribution in [0.25, 0.3) is 0 Å². The number of carbonyl (C=O) groups excluding carboxylic acids is 1. The van der Waals surface area contributed by atoms with Crippen molar-refractivity contribution < 1.29 is 27.4 Å². The van der Waals surface area contributed by atoms with Crippen molar-refractivity contribution in [3.05, 3.63) is 29.3 Å². The van der Waals surface area contributed by atoms with Gasteiger partial charge in [-0.3, -0.25) is 4.99 Å². The van der Waals surface area contributed by atoms with Crippen LogP contribution in [-0.2, 0) is 17.5 Å².